The van der Waals surface area contributed by atoms with E-state index in [0.29, 0.717) is 12.3 Å². The molecule has 0 atom stereocenters. The van der Waals surface area contributed by atoms with Crippen molar-refractivity contribution in [2.75, 3.05) is 12.3 Å². The van der Waals surface area contributed by atoms with E-state index >= 15 is 0 Å². The van der Waals surface area contributed by atoms with Gasteiger partial charge in [-0.3, -0.25) is 0 Å². The molecular weight excluding hydrogens is 198 g/mol. The molecule has 0 fully saturated rings. The molecule has 0 aliphatic carbocycles. The van der Waals surface area contributed by atoms with E-state index in [2.05, 4.69) is 0 Å². The fraction of sp³-hybridized carbons (Fsp3) is 1.00. The van der Waals surface area contributed by atoms with Gasteiger partial charge in [0.15, 0.2) is 0 Å². The third kappa shape index (κ3) is 9.91. The Hall–Kier alpha value is 1.83. The average Bonchev–Trinajstić information content (AvgIpc) is 1.97. The van der Waals surface area contributed by atoms with E-state index in [1.807, 2.05) is 13.8 Å². The smallest absolute Gasteiger partial charge is 0.799 e. The van der Waals surface area contributed by atoms with E-state index in [-0.39, 0.29) is 51.4 Å². The van der Waals surface area contributed by atoms with Crippen LogP contribution in [0.2, 0.25) is 0 Å². The summed E-state index contributed by atoms with van der Waals surface area (Å²) in [5, 5.41) is 0. The van der Waals surface area contributed by atoms with Gasteiger partial charge in [0.25, 0.3) is 0 Å². The van der Waals surface area contributed by atoms with Crippen LogP contribution in [0, 0.1) is 0 Å². The minimum absolute atomic E-state index is 0. The van der Waals surface area contributed by atoms with Gasteiger partial charge in [-0.25, -0.2) is 0 Å². The second-order valence-corrected chi connectivity index (χ2v) is 5.49. The molecule has 0 radical (unpaired) electrons. The zero-order valence-corrected chi connectivity index (χ0v) is 12.5. The molecule has 0 rings (SSSR count). The van der Waals surface area contributed by atoms with Crippen molar-refractivity contribution in [2.45, 2.75) is 39.5 Å². The minimum Gasteiger partial charge on any atom is -0.799 e. The molecule has 68 valence electrons. The fourth-order valence-corrected chi connectivity index (χ4v) is 2.73. The van der Waals surface area contributed by atoms with Gasteiger partial charge in [0.2, 0.25) is 0 Å². The van der Waals surface area contributed by atoms with E-state index in [9.17, 15) is 9.46 Å². The summed E-state index contributed by atoms with van der Waals surface area (Å²) in [5.74, 6) is 0. The van der Waals surface area contributed by atoms with E-state index in [0.717, 1.165) is 25.7 Å². The van der Waals surface area contributed by atoms with Crippen molar-refractivity contribution in [2.24, 2.45) is 0 Å². The SMILES string of the molecule is CCCCP(=O)([O-])CCCC.[K+]. The Morgan fingerprint density at radius 2 is 1.42 bits per heavy atom. The molecule has 0 bridgehead atoms. The van der Waals surface area contributed by atoms with Crippen LogP contribution in [-0.2, 0) is 4.57 Å². The summed E-state index contributed by atoms with van der Waals surface area (Å²) in [6.45, 7) is 4.03. The van der Waals surface area contributed by atoms with Crippen molar-refractivity contribution >= 4 is 7.37 Å². The van der Waals surface area contributed by atoms with Crippen molar-refractivity contribution in [3.8, 4) is 0 Å². The fourth-order valence-electron chi connectivity index (χ4n) is 0.910. The Bertz CT molecular complexity index is 127. The van der Waals surface area contributed by atoms with Crippen LogP contribution in [0.5, 0.6) is 0 Å². The summed E-state index contributed by atoms with van der Waals surface area (Å²) in [4.78, 5) is 11.2. The predicted octanol–water partition coefficient (Wildman–Crippen LogP) is -0.771. The van der Waals surface area contributed by atoms with E-state index in [4.69, 9.17) is 0 Å². The van der Waals surface area contributed by atoms with Crippen LogP contribution in [0.1, 0.15) is 39.5 Å². The Labute approximate surface area is 118 Å². The van der Waals surface area contributed by atoms with Crippen LogP contribution in [0.25, 0.3) is 0 Å². The zero-order chi connectivity index (χ0) is 8.74. The zero-order valence-electron chi connectivity index (χ0n) is 8.51. The van der Waals surface area contributed by atoms with Gasteiger partial charge in [0.05, 0.1) is 0 Å². The van der Waals surface area contributed by atoms with Gasteiger partial charge in [-0.2, -0.15) is 0 Å². The maximum atomic E-state index is 11.2. The largest absolute Gasteiger partial charge is 1.00 e. The Kier molecular flexibility index (Phi) is 12.7. The van der Waals surface area contributed by atoms with Gasteiger partial charge in [-0.05, 0) is 25.2 Å². The van der Waals surface area contributed by atoms with Crippen LogP contribution in [0.15, 0.2) is 0 Å². The molecule has 0 aromatic heterocycles. The van der Waals surface area contributed by atoms with Crippen molar-refractivity contribution in [3.05, 3.63) is 0 Å². The average molecular weight is 216 g/mol. The van der Waals surface area contributed by atoms with E-state index < -0.39 is 7.37 Å². The van der Waals surface area contributed by atoms with Gasteiger partial charge >= 0.3 is 51.4 Å². The monoisotopic (exact) mass is 216 g/mol. The normalized spacial score (nSPS) is 10.9. The van der Waals surface area contributed by atoms with Gasteiger partial charge < -0.3 is 9.46 Å². The van der Waals surface area contributed by atoms with Crippen molar-refractivity contribution in [3.63, 3.8) is 0 Å². The molecule has 2 nitrogen and oxygen atoms in total. The summed E-state index contributed by atoms with van der Waals surface area (Å²) < 4.78 is 11.2. The summed E-state index contributed by atoms with van der Waals surface area (Å²) in [6, 6.07) is 0. The first-order valence-electron chi connectivity index (χ1n) is 4.41. The molecule has 0 saturated heterocycles. The quantitative estimate of drug-likeness (QED) is 0.432. The van der Waals surface area contributed by atoms with Crippen LogP contribution in [0.3, 0.4) is 0 Å². The molecular formula is C8H18KO2P. The van der Waals surface area contributed by atoms with Crippen molar-refractivity contribution in [1.29, 1.82) is 0 Å². The van der Waals surface area contributed by atoms with Gasteiger partial charge in [-0.1, -0.05) is 26.7 Å². The maximum Gasteiger partial charge on any atom is 1.00 e. The van der Waals surface area contributed by atoms with Crippen LogP contribution in [0.4, 0.5) is 0 Å². The number of hydrogen-bond donors (Lipinski definition) is 0. The summed E-state index contributed by atoms with van der Waals surface area (Å²) >= 11 is 0. The molecule has 0 N–H and O–H groups in total. The second-order valence-electron chi connectivity index (χ2n) is 2.97. The molecule has 4 heteroatoms. The molecule has 0 heterocycles. The molecule has 12 heavy (non-hydrogen) atoms. The third-order valence-corrected chi connectivity index (χ3v) is 3.70. The second kappa shape index (κ2) is 9.38. The van der Waals surface area contributed by atoms with E-state index in [1.165, 1.54) is 0 Å². The molecule has 0 aromatic carbocycles. The molecule has 0 amide bonds. The third-order valence-electron chi connectivity index (χ3n) is 1.70. The summed E-state index contributed by atoms with van der Waals surface area (Å²) in [5.41, 5.74) is 0. The topological polar surface area (TPSA) is 40.1 Å². The van der Waals surface area contributed by atoms with Gasteiger partial charge in [-0.15, -0.1) is 0 Å². The molecule has 0 aromatic rings. The molecule has 0 unspecified atom stereocenters. The number of hydrogen-bond acceptors (Lipinski definition) is 2. The number of rotatable bonds is 6. The standard InChI is InChI=1S/C8H19O2P.K/c1-3-5-7-11(9,10)8-6-4-2;/h3-8H2,1-2H3,(H,9,10);/q;+1/p-1. The van der Waals surface area contributed by atoms with Gasteiger partial charge in [0.1, 0.15) is 0 Å². The van der Waals surface area contributed by atoms with Crippen LogP contribution >= 0.6 is 7.37 Å². The first kappa shape index (κ1) is 16.3. The summed E-state index contributed by atoms with van der Waals surface area (Å²) in [7, 11) is -2.98. The Balaban J connectivity index is 0. The van der Waals surface area contributed by atoms with E-state index in [1.54, 1.807) is 0 Å². The Morgan fingerprint density at radius 3 is 1.67 bits per heavy atom. The molecule has 0 saturated carbocycles. The van der Waals surface area contributed by atoms with Crippen LogP contribution < -0.4 is 56.3 Å². The van der Waals surface area contributed by atoms with Gasteiger partial charge in [0, 0.05) is 7.37 Å². The van der Waals surface area contributed by atoms with Crippen LogP contribution in [-0.4, -0.2) is 12.3 Å². The minimum atomic E-state index is -2.98. The van der Waals surface area contributed by atoms with Crippen molar-refractivity contribution < 1.29 is 60.8 Å². The maximum absolute atomic E-state index is 11.2. The predicted molar refractivity (Wildman–Crippen MR) is 47.2 cm³/mol. The first-order chi connectivity index (χ1) is 5.12. The Morgan fingerprint density at radius 1 is 1.08 bits per heavy atom. The first-order valence-corrected chi connectivity index (χ1v) is 6.41. The molecule has 0 aliphatic heterocycles. The molecule has 0 aliphatic rings. The molecule has 0 spiro atoms. The number of unbranched alkanes of at least 4 members (excludes halogenated alkanes) is 2. The van der Waals surface area contributed by atoms with Crippen molar-refractivity contribution in [1.82, 2.24) is 0 Å². The summed E-state index contributed by atoms with van der Waals surface area (Å²) in [6.07, 6.45) is 4.40.